The van der Waals surface area contributed by atoms with Gasteiger partial charge in [-0.15, -0.1) is 0 Å². The van der Waals surface area contributed by atoms with Crippen molar-refractivity contribution in [2.24, 2.45) is 7.05 Å². The molecule has 0 aromatic carbocycles. The predicted molar refractivity (Wildman–Crippen MR) is 52.5 cm³/mol. The molecule has 0 unspecified atom stereocenters. The van der Waals surface area contributed by atoms with E-state index in [1.54, 1.807) is 19.4 Å². The van der Waals surface area contributed by atoms with E-state index in [1.165, 1.54) is 4.57 Å². The van der Waals surface area contributed by atoms with Crippen LogP contribution in [0.5, 0.6) is 0 Å². The molecule has 0 N–H and O–H groups in total. The van der Waals surface area contributed by atoms with Crippen LogP contribution >= 0.6 is 0 Å². The van der Waals surface area contributed by atoms with E-state index in [4.69, 9.17) is 4.74 Å². The van der Waals surface area contributed by atoms with Crippen molar-refractivity contribution in [3.8, 4) is 0 Å². The lowest BCUT2D eigenvalue weighted by molar-refractivity contribution is 0.122. The first-order valence-electron chi connectivity index (χ1n) is 4.63. The fraction of sp³-hybridized carbons (Fsp3) is 0.556. The Bertz CT molecular complexity index is 369. The van der Waals surface area contributed by atoms with Gasteiger partial charge in [0.1, 0.15) is 5.82 Å². The van der Waals surface area contributed by atoms with Crippen molar-refractivity contribution in [2.45, 2.75) is 0 Å². The first kappa shape index (κ1) is 9.21. The van der Waals surface area contributed by atoms with Crippen LogP contribution < -0.4 is 10.5 Å². The number of anilines is 1. The van der Waals surface area contributed by atoms with Gasteiger partial charge >= 0.3 is 0 Å². The van der Waals surface area contributed by atoms with Crippen molar-refractivity contribution in [1.82, 2.24) is 9.55 Å². The van der Waals surface area contributed by atoms with Crippen LogP contribution in [0.15, 0.2) is 17.2 Å². The van der Waals surface area contributed by atoms with Crippen LogP contribution in [0.3, 0.4) is 0 Å². The summed E-state index contributed by atoms with van der Waals surface area (Å²) in [6.45, 7) is 3.02. The number of morpholine rings is 1. The maximum atomic E-state index is 11.3. The number of hydrogen-bond acceptors (Lipinski definition) is 4. The molecule has 2 heterocycles. The number of nitrogens with zero attached hydrogens (tertiary/aromatic N) is 3. The van der Waals surface area contributed by atoms with Gasteiger partial charge in [-0.1, -0.05) is 0 Å². The fourth-order valence-corrected chi connectivity index (χ4v) is 1.42. The summed E-state index contributed by atoms with van der Waals surface area (Å²) in [5, 5.41) is 0. The summed E-state index contributed by atoms with van der Waals surface area (Å²) in [5.41, 5.74) is -0.0264. The molecule has 0 bridgehead atoms. The zero-order chi connectivity index (χ0) is 9.97. The molecule has 1 aliphatic rings. The van der Waals surface area contributed by atoms with E-state index in [0.717, 1.165) is 18.9 Å². The van der Waals surface area contributed by atoms with E-state index >= 15 is 0 Å². The number of aryl methyl sites for hydroxylation is 1. The third kappa shape index (κ3) is 1.77. The molecule has 0 radical (unpaired) electrons. The maximum Gasteiger partial charge on any atom is 0.255 e. The standard InChI is InChI=1S/C9H13N3O2/c1-11-7-10-8(6-9(11)13)12-2-4-14-5-3-12/h6-7H,2-5H2,1H3. The number of aromatic nitrogens is 2. The molecule has 1 aromatic rings. The molecule has 1 saturated heterocycles. The first-order chi connectivity index (χ1) is 6.77. The van der Waals surface area contributed by atoms with Gasteiger partial charge in [-0.3, -0.25) is 4.79 Å². The molecule has 0 spiro atoms. The van der Waals surface area contributed by atoms with Crippen LogP contribution in [-0.4, -0.2) is 35.9 Å². The van der Waals surface area contributed by atoms with E-state index in [-0.39, 0.29) is 5.56 Å². The Morgan fingerprint density at radius 2 is 2.14 bits per heavy atom. The Labute approximate surface area is 81.9 Å². The molecule has 76 valence electrons. The summed E-state index contributed by atoms with van der Waals surface area (Å²) < 4.78 is 6.68. The highest BCUT2D eigenvalue weighted by atomic mass is 16.5. The summed E-state index contributed by atoms with van der Waals surface area (Å²) >= 11 is 0. The van der Waals surface area contributed by atoms with Gasteiger partial charge in [-0.2, -0.15) is 0 Å². The molecular formula is C9H13N3O2. The number of hydrogen-bond donors (Lipinski definition) is 0. The van der Waals surface area contributed by atoms with Gasteiger partial charge in [0, 0.05) is 26.2 Å². The van der Waals surface area contributed by atoms with E-state index in [0.29, 0.717) is 13.2 Å². The Kier molecular flexibility index (Phi) is 2.49. The first-order valence-corrected chi connectivity index (χ1v) is 4.63. The Morgan fingerprint density at radius 3 is 2.79 bits per heavy atom. The highest BCUT2D eigenvalue weighted by Gasteiger charge is 2.12. The minimum absolute atomic E-state index is 0.0264. The lowest BCUT2D eigenvalue weighted by Crippen LogP contribution is -2.37. The highest BCUT2D eigenvalue weighted by molar-refractivity contribution is 5.36. The van der Waals surface area contributed by atoms with Crippen molar-refractivity contribution < 1.29 is 4.74 Å². The predicted octanol–water partition coefficient (Wildman–Crippen LogP) is -0.383. The minimum atomic E-state index is -0.0264. The molecule has 1 aromatic heterocycles. The quantitative estimate of drug-likeness (QED) is 0.612. The van der Waals surface area contributed by atoms with E-state index < -0.39 is 0 Å². The van der Waals surface area contributed by atoms with E-state index in [1.807, 2.05) is 0 Å². The molecule has 0 amide bonds. The summed E-state index contributed by atoms with van der Waals surface area (Å²) in [7, 11) is 1.69. The molecular weight excluding hydrogens is 182 g/mol. The van der Waals surface area contributed by atoms with Gasteiger partial charge in [0.05, 0.1) is 19.5 Å². The maximum absolute atomic E-state index is 11.3. The van der Waals surface area contributed by atoms with Gasteiger partial charge in [-0.25, -0.2) is 4.98 Å². The molecule has 5 heteroatoms. The third-order valence-corrected chi connectivity index (χ3v) is 2.30. The normalized spacial score (nSPS) is 17.1. The molecule has 14 heavy (non-hydrogen) atoms. The summed E-state index contributed by atoms with van der Waals surface area (Å²) in [4.78, 5) is 17.6. The summed E-state index contributed by atoms with van der Waals surface area (Å²) in [6, 6.07) is 1.56. The number of ether oxygens (including phenoxy) is 1. The zero-order valence-corrected chi connectivity index (χ0v) is 8.14. The van der Waals surface area contributed by atoms with E-state index in [9.17, 15) is 4.79 Å². The second-order valence-electron chi connectivity index (χ2n) is 3.30. The average Bonchev–Trinajstić information content (AvgIpc) is 2.23. The highest BCUT2D eigenvalue weighted by Crippen LogP contribution is 2.08. The largest absolute Gasteiger partial charge is 0.378 e. The third-order valence-electron chi connectivity index (χ3n) is 2.30. The van der Waals surface area contributed by atoms with Gasteiger partial charge < -0.3 is 14.2 Å². The van der Waals surface area contributed by atoms with Crippen molar-refractivity contribution in [3.63, 3.8) is 0 Å². The summed E-state index contributed by atoms with van der Waals surface area (Å²) in [6.07, 6.45) is 1.55. The molecule has 1 aliphatic heterocycles. The lowest BCUT2D eigenvalue weighted by Gasteiger charge is -2.27. The van der Waals surface area contributed by atoms with Gasteiger partial charge in [0.2, 0.25) is 0 Å². The van der Waals surface area contributed by atoms with Crippen molar-refractivity contribution in [3.05, 3.63) is 22.7 Å². The van der Waals surface area contributed by atoms with Crippen LogP contribution in [0.2, 0.25) is 0 Å². The lowest BCUT2D eigenvalue weighted by atomic mass is 10.4. The van der Waals surface area contributed by atoms with Crippen LogP contribution in [0.1, 0.15) is 0 Å². The smallest absolute Gasteiger partial charge is 0.255 e. The second-order valence-corrected chi connectivity index (χ2v) is 3.30. The molecule has 0 aliphatic carbocycles. The van der Waals surface area contributed by atoms with E-state index in [2.05, 4.69) is 9.88 Å². The Morgan fingerprint density at radius 1 is 1.43 bits per heavy atom. The fourth-order valence-electron chi connectivity index (χ4n) is 1.42. The second kappa shape index (κ2) is 3.79. The van der Waals surface area contributed by atoms with Crippen LogP contribution in [-0.2, 0) is 11.8 Å². The van der Waals surface area contributed by atoms with Crippen molar-refractivity contribution >= 4 is 5.82 Å². The summed E-state index contributed by atoms with van der Waals surface area (Å²) in [5.74, 6) is 0.747. The molecule has 2 rings (SSSR count). The topological polar surface area (TPSA) is 47.4 Å². The van der Waals surface area contributed by atoms with Gasteiger partial charge in [0.15, 0.2) is 0 Å². The molecule has 0 saturated carbocycles. The monoisotopic (exact) mass is 195 g/mol. The van der Waals surface area contributed by atoms with Gasteiger partial charge in [0.25, 0.3) is 5.56 Å². The van der Waals surface area contributed by atoms with Crippen LogP contribution in [0.25, 0.3) is 0 Å². The van der Waals surface area contributed by atoms with Crippen LogP contribution in [0.4, 0.5) is 5.82 Å². The zero-order valence-electron chi connectivity index (χ0n) is 8.14. The Balaban J connectivity index is 2.23. The SMILES string of the molecule is Cn1cnc(N2CCOCC2)cc1=O. The van der Waals surface area contributed by atoms with Crippen LogP contribution in [0, 0.1) is 0 Å². The molecule has 5 nitrogen and oxygen atoms in total. The van der Waals surface area contributed by atoms with Crippen molar-refractivity contribution in [1.29, 1.82) is 0 Å². The molecule has 1 fully saturated rings. The average molecular weight is 195 g/mol. The molecule has 0 atom stereocenters. The van der Waals surface area contributed by atoms with Crippen molar-refractivity contribution in [2.75, 3.05) is 31.2 Å². The Hall–Kier alpha value is -1.36. The number of rotatable bonds is 1. The van der Waals surface area contributed by atoms with Gasteiger partial charge in [-0.05, 0) is 0 Å². The minimum Gasteiger partial charge on any atom is -0.378 e.